The second-order valence-electron chi connectivity index (χ2n) is 4.54. The van der Waals surface area contributed by atoms with Crippen molar-refractivity contribution in [2.75, 3.05) is 26.2 Å². The largest absolute Gasteiger partial charge is 0.439 e. The first-order valence-electron chi connectivity index (χ1n) is 6.19. The first-order chi connectivity index (χ1) is 9.22. The molecule has 0 spiro atoms. The maximum absolute atomic E-state index is 10.7. The molecule has 2 aromatic rings. The van der Waals surface area contributed by atoms with E-state index >= 15 is 0 Å². The molecule has 0 atom stereocenters. The zero-order chi connectivity index (χ0) is 13.2. The Bertz CT molecular complexity index is 614. The van der Waals surface area contributed by atoms with Gasteiger partial charge in [-0.25, -0.2) is 4.98 Å². The molecule has 0 aliphatic carbocycles. The third-order valence-electron chi connectivity index (χ3n) is 3.19. The Hall–Kier alpha value is -1.41. The van der Waals surface area contributed by atoms with Crippen molar-refractivity contribution in [1.29, 1.82) is 0 Å². The number of rotatable bonds is 3. The van der Waals surface area contributed by atoms with Gasteiger partial charge < -0.3 is 9.73 Å². The summed E-state index contributed by atoms with van der Waals surface area (Å²) >= 11 is 0. The Morgan fingerprint density at radius 1 is 1.33 bits per heavy atom. The van der Waals surface area contributed by atoms with Crippen LogP contribution in [0.25, 0.3) is 11.1 Å². The lowest BCUT2D eigenvalue weighted by Crippen LogP contribution is -2.42. The highest BCUT2D eigenvalue weighted by molar-refractivity contribution is 5.85. The highest BCUT2D eigenvalue weighted by atomic mass is 35.5. The highest BCUT2D eigenvalue weighted by Gasteiger charge is 2.15. The number of nitrogens with one attached hydrogen (secondary N) is 1. The van der Waals surface area contributed by atoms with E-state index in [1.807, 2.05) is 0 Å². The fourth-order valence-corrected chi connectivity index (χ4v) is 2.21. The molecule has 2 heterocycles. The first kappa shape index (κ1) is 17.6. The number of oxazole rings is 1. The van der Waals surface area contributed by atoms with E-state index < -0.39 is 4.92 Å². The van der Waals surface area contributed by atoms with E-state index in [2.05, 4.69) is 15.2 Å². The number of hydrogen-bond donors (Lipinski definition) is 1. The SMILES string of the molecule is Cl.Cl.O=[N+]([O-])c1ccc2oc(CN3CCNCC3)nc2c1. The number of nitrogens with zero attached hydrogens (tertiary/aromatic N) is 3. The Labute approximate surface area is 133 Å². The van der Waals surface area contributed by atoms with Crippen LogP contribution in [-0.4, -0.2) is 41.0 Å². The van der Waals surface area contributed by atoms with Crippen LogP contribution in [0.5, 0.6) is 0 Å². The van der Waals surface area contributed by atoms with Gasteiger partial charge in [0.05, 0.1) is 11.5 Å². The topological polar surface area (TPSA) is 84.4 Å². The molecule has 0 radical (unpaired) electrons. The van der Waals surface area contributed by atoms with E-state index in [4.69, 9.17) is 4.42 Å². The van der Waals surface area contributed by atoms with Crippen molar-refractivity contribution in [1.82, 2.24) is 15.2 Å². The standard InChI is InChI=1S/C12H14N4O3.2ClH/c17-16(18)9-1-2-11-10(7-9)14-12(19-11)8-15-5-3-13-4-6-15;;/h1-2,7,13H,3-6,8H2;2*1H. The Morgan fingerprint density at radius 2 is 2.05 bits per heavy atom. The smallest absolute Gasteiger partial charge is 0.271 e. The van der Waals surface area contributed by atoms with Crippen molar-refractivity contribution in [2.45, 2.75) is 6.54 Å². The molecule has 1 N–H and O–H groups in total. The van der Waals surface area contributed by atoms with Crippen LogP contribution in [0.2, 0.25) is 0 Å². The summed E-state index contributed by atoms with van der Waals surface area (Å²) in [5, 5.41) is 14.0. The molecule has 0 bridgehead atoms. The molecule has 0 saturated carbocycles. The van der Waals surface area contributed by atoms with Crippen LogP contribution in [0.1, 0.15) is 5.89 Å². The number of non-ortho nitro benzene ring substituents is 1. The van der Waals surface area contributed by atoms with Gasteiger partial charge in [-0.15, -0.1) is 24.8 Å². The number of nitro benzene ring substituents is 1. The minimum Gasteiger partial charge on any atom is -0.439 e. The van der Waals surface area contributed by atoms with Gasteiger partial charge in [0.2, 0.25) is 5.89 Å². The van der Waals surface area contributed by atoms with Crippen molar-refractivity contribution in [2.24, 2.45) is 0 Å². The molecule has 1 aliphatic rings. The summed E-state index contributed by atoms with van der Waals surface area (Å²) in [5.41, 5.74) is 1.17. The Kier molecular flexibility index (Phi) is 6.35. The van der Waals surface area contributed by atoms with E-state index in [-0.39, 0.29) is 30.5 Å². The van der Waals surface area contributed by atoms with E-state index in [0.717, 1.165) is 26.2 Å². The maximum atomic E-state index is 10.7. The maximum Gasteiger partial charge on any atom is 0.271 e. The molecule has 9 heteroatoms. The number of halogens is 2. The molecule has 3 rings (SSSR count). The summed E-state index contributed by atoms with van der Waals surface area (Å²) < 4.78 is 5.61. The summed E-state index contributed by atoms with van der Waals surface area (Å²) in [7, 11) is 0. The van der Waals surface area contributed by atoms with Gasteiger partial charge in [-0.1, -0.05) is 0 Å². The quantitative estimate of drug-likeness (QED) is 0.682. The molecule has 116 valence electrons. The predicted octanol–water partition coefficient (Wildman–Crippen LogP) is 1.98. The van der Waals surface area contributed by atoms with Gasteiger partial charge in [0.15, 0.2) is 5.58 Å². The van der Waals surface area contributed by atoms with Crippen molar-refractivity contribution in [3.8, 4) is 0 Å². The summed E-state index contributed by atoms with van der Waals surface area (Å²) in [6, 6.07) is 4.48. The van der Waals surface area contributed by atoms with Gasteiger partial charge in [-0.05, 0) is 6.07 Å². The van der Waals surface area contributed by atoms with E-state index in [1.165, 1.54) is 12.1 Å². The van der Waals surface area contributed by atoms with Gasteiger partial charge >= 0.3 is 0 Å². The summed E-state index contributed by atoms with van der Waals surface area (Å²) in [6.45, 7) is 4.49. The molecule has 1 saturated heterocycles. The van der Waals surface area contributed by atoms with Crippen LogP contribution in [0, 0.1) is 10.1 Å². The van der Waals surface area contributed by atoms with Gasteiger partial charge in [0.1, 0.15) is 5.52 Å². The van der Waals surface area contributed by atoms with Crippen molar-refractivity contribution in [3.05, 3.63) is 34.2 Å². The predicted molar refractivity (Wildman–Crippen MR) is 83.3 cm³/mol. The summed E-state index contributed by atoms with van der Waals surface area (Å²) in [6.07, 6.45) is 0. The number of fused-ring (bicyclic) bond motifs is 1. The lowest BCUT2D eigenvalue weighted by atomic mass is 10.3. The summed E-state index contributed by atoms with van der Waals surface area (Å²) in [5.74, 6) is 0.609. The Morgan fingerprint density at radius 3 is 2.71 bits per heavy atom. The average molecular weight is 335 g/mol. The van der Waals surface area contributed by atoms with Crippen LogP contribution in [0.4, 0.5) is 5.69 Å². The van der Waals surface area contributed by atoms with E-state index in [1.54, 1.807) is 6.07 Å². The summed E-state index contributed by atoms with van der Waals surface area (Å²) in [4.78, 5) is 16.8. The van der Waals surface area contributed by atoms with Gasteiger partial charge in [0.25, 0.3) is 5.69 Å². The zero-order valence-corrected chi connectivity index (χ0v) is 12.8. The van der Waals surface area contributed by atoms with Crippen LogP contribution < -0.4 is 5.32 Å². The first-order valence-corrected chi connectivity index (χ1v) is 6.19. The third kappa shape index (κ3) is 4.04. The fourth-order valence-electron chi connectivity index (χ4n) is 2.21. The van der Waals surface area contributed by atoms with Gasteiger partial charge in [-0.3, -0.25) is 15.0 Å². The number of hydrogen-bond acceptors (Lipinski definition) is 6. The molecular weight excluding hydrogens is 319 g/mol. The lowest BCUT2D eigenvalue weighted by molar-refractivity contribution is -0.384. The monoisotopic (exact) mass is 334 g/mol. The molecule has 0 amide bonds. The molecule has 1 aromatic carbocycles. The molecule has 21 heavy (non-hydrogen) atoms. The third-order valence-corrected chi connectivity index (χ3v) is 3.19. The zero-order valence-electron chi connectivity index (χ0n) is 11.2. The molecule has 1 fully saturated rings. The van der Waals surface area contributed by atoms with E-state index in [9.17, 15) is 10.1 Å². The number of benzene rings is 1. The minimum atomic E-state index is -0.426. The van der Waals surface area contributed by atoms with E-state index in [0.29, 0.717) is 23.5 Å². The van der Waals surface area contributed by atoms with Gasteiger partial charge in [-0.2, -0.15) is 0 Å². The van der Waals surface area contributed by atoms with Gasteiger partial charge in [0, 0.05) is 38.3 Å². The lowest BCUT2D eigenvalue weighted by Gasteiger charge is -2.25. The second kappa shape index (κ2) is 7.56. The average Bonchev–Trinajstić information content (AvgIpc) is 2.80. The molecule has 1 aromatic heterocycles. The highest BCUT2D eigenvalue weighted by Crippen LogP contribution is 2.22. The molecule has 0 unspecified atom stereocenters. The molecule has 1 aliphatic heterocycles. The number of piperazine rings is 1. The molecule has 7 nitrogen and oxygen atoms in total. The number of aromatic nitrogens is 1. The minimum absolute atomic E-state index is 0. The Balaban J connectivity index is 0.00000110. The van der Waals surface area contributed by atoms with Crippen LogP contribution in [-0.2, 0) is 6.54 Å². The van der Waals surface area contributed by atoms with Crippen molar-refractivity contribution in [3.63, 3.8) is 0 Å². The number of nitro groups is 1. The van der Waals surface area contributed by atoms with Crippen molar-refractivity contribution < 1.29 is 9.34 Å². The van der Waals surface area contributed by atoms with Crippen molar-refractivity contribution >= 4 is 41.6 Å². The fraction of sp³-hybridized carbons (Fsp3) is 0.417. The van der Waals surface area contributed by atoms with Crippen LogP contribution >= 0.6 is 24.8 Å². The van der Waals surface area contributed by atoms with Crippen LogP contribution in [0.3, 0.4) is 0 Å². The molecular formula is C12H16Cl2N4O3. The normalized spacial score (nSPS) is 15.2. The second-order valence-corrected chi connectivity index (χ2v) is 4.54. The van der Waals surface area contributed by atoms with Crippen LogP contribution in [0.15, 0.2) is 22.6 Å².